The average Bonchev–Trinajstić information content (AvgIpc) is 2.50. The van der Waals surface area contributed by atoms with Crippen LogP contribution in [0.15, 0.2) is 41.3 Å². The highest BCUT2D eigenvalue weighted by atomic mass is 32.2. The van der Waals surface area contributed by atoms with Crippen LogP contribution >= 0.6 is 0 Å². The summed E-state index contributed by atoms with van der Waals surface area (Å²) in [6.45, 7) is 7.99. The fourth-order valence-electron chi connectivity index (χ4n) is 2.28. The van der Waals surface area contributed by atoms with Gasteiger partial charge in [-0.3, -0.25) is 4.72 Å². The van der Waals surface area contributed by atoms with Gasteiger partial charge in [0, 0.05) is 5.69 Å². The van der Waals surface area contributed by atoms with Crippen molar-refractivity contribution in [3.8, 4) is 5.75 Å². The zero-order valence-corrected chi connectivity index (χ0v) is 15.0. The average molecular weight is 333 g/mol. The predicted octanol–water partition coefficient (Wildman–Crippen LogP) is 4.24. The van der Waals surface area contributed by atoms with Gasteiger partial charge in [-0.25, -0.2) is 8.42 Å². The van der Waals surface area contributed by atoms with E-state index in [1.54, 1.807) is 18.2 Å². The monoisotopic (exact) mass is 333 g/mol. The molecule has 2 aromatic carbocycles. The van der Waals surface area contributed by atoms with Crippen LogP contribution in [-0.4, -0.2) is 15.5 Å². The normalized spacial score (nSPS) is 11.6. The molecule has 0 radical (unpaired) electrons. The van der Waals surface area contributed by atoms with Gasteiger partial charge in [-0.05, 0) is 60.7 Å². The third-order valence-corrected chi connectivity index (χ3v) is 5.31. The first-order chi connectivity index (χ1) is 10.7. The Morgan fingerprint density at radius 3 is 2.26 bits per heavy atom. The number of aryl methyl sites for hydroxylation is 2. The summed E-state index contributed by atoms with van der Waals surface area (Å²) >= 11 is 0. The van der Waals surface area contributed by atoms with Gasteiger partial charge in [-0.1, -0.05) is 26.0 Å². The quantitative estimate of drug-likeness (QED) is 0.890. The van der Waals surface area contributed by atoms with E-state index in [1.165, 1.54) is 7.11 Å². The fraction of sp³-hybridized carbons (Fsp3) is 0.333. The number of hydrogen-bond acceptors (Lipinski definition) is 3. The van der Waals surface area contributed by atoms with E-state index >= 15 is 0 Å². The highest BCUT2D eigenvalue weighted by Gasteiger charge is 2.21. The number of nitrogens with one attached hydrogen (secondary N) is 1. The smallest absolute Gasteiger partial charge is 0.265 e. The molecule has 0 saturated heterocycles. The van der Waals surface area contributed by atoms with Gasteiger partial charge in [0.2, 0.25) is 0 Å². The second-order valence-electron chi connectivity index (χ2n) is 5.97. The third-order valence-electron chi connectivity index (χ3n) is 3.90. The number of rotatable bonds is 5. The molecule has 0 atom stereocenters. The van der Waals surface area contributed by atoms with Crippen LogP contribution in [0.1, 0.15) is 36.5 Å². The minimum Gasteiger partial charge on any atom is -0.495 e. The van der Waals surface area contributed by atoms with Gasteiger partial charge < -0.3 is 4.74 Å². The minimum absolute atomic E-state index is 0.157. The SMILES string of the molecule is COc1ccc(C(C)C)cc1S(=O)(=O)Nc1ccc(C)c(C)c1. The second-order valence-corrected chi connectivity index (χ2v) is 7.62. The first-order valence-electron chi connectivity index (χ1n) is 7.52. The van der Waals surface area contributed by atoms with Crippen molar-refractivity contribution >= 4 is 15.7 Å². The van der Waals surface area contributed by atoms with Crippen molar-refractivity contribution in [2.75, 3.05) is 11.8 Å². The zero-order valence-electron chi connectivity index (χ0n) is 14.2. The van der Waals surface area contributed by atoms with Crippen molar-refractivity contribution in [1.29, 1.82) is 0 Å². The number of methoxy groups -OCH3 is 1. The van der Waals surface area contributed by atoms with E-state index in [4.69, 9.17) is 4.74 Å². The number of benzene rings is 2. The van der Waals surface area contributed by atoms with Gasteiger partial charge in [0.1, 0.15) is 10.6 Å². The summed E-state index contributed by atoms with van der Waals surface area (Å²) < 4.78 is 33.4. The molecule has 0 aliphatic rings. The largest absolute Gasteiger partial charge is 0.495 e. The van der Waals surface area contributed by atoms with Gasteiger partial charge in [0.05, 0.1) is 7.11 Å². The maximum Gasteiger partial charge on any atom is 0.265 e. The molecule has 0 saturated carbocycles. The van der Waals surface area contributed by atoms with Crippen LogP contribution in [0, 0.1) is 13.8 Å². The number of sulfonamides is 1. The molecule has 0 fully saturated rings. The van der Waals surface area contributed by atoms with E-state index in [2.05, 4.69) is 4.72 Å². The fourth-order valence-corrected chi connectivity index (χ4v) is 3.53. The molecule has 0 unspecified atom stereocenters. The van der Waals surface area contributed by atoms with Crippen molar-refractivity contribution < 1.29 is 13.2 Å². The zero-order chi connectivity index (χ0) is 17.2. The summed E-state index contributed by atoms with van der Waals surface area (Å²) in [7, 11) is -2.25. The molecule has 0 amide bonds. The molecule has 0 bridgehead atoms. The number of anilines is 1. The summed E-state index contributed by atoms with van der Waals surface area (Å²) in [5.41, 5.74) is 3.65. The standard InChI is InChI=1S/C18H23NO3S/c1-12(2)15-7-9-17(22-5)18(11-15)23(20,21)19-16-8-6-13(3)14(4)10-16/h6-12,19H,1-5H3. The summed E-state index contributed by atoms with van der Waals surface area (Å²) in [6.07, 6.45) is 0. The van der Waals surface area contributed by atoms with Gasteiger partial charge in [-0.15, -0.1) is 0 Å². The molecule has 2 aromatic rings. The van der Waals surface area contributed by atoms with Crippen molar-refractivity contribution in [2.45, 2.75) is 38.5 Å². The molecule has 5 heteroatoms. The molecule has 23 heavy (non-hydrogen) atoms. The van der Waals surface area contributed by atoms with Crippen LogP contribution in [0.3, 0.4) is 0 Å². The lowest BCUT2D eigenvalue weighted by Gasteiger charge is -2.15. The van der Waals surface area contributed by atoms with Crippen LogP contribution in [0.5, 0.6) is 5.75 Å². The Bertz CT molecular complexity index is 811. The Hall–Kier alpha value is -2.01. The molecular formula is C18H23NO3S. The molecule has 1 N–H and O–H groups in total. The minimum atomic E-state index is -3.72. The lowest BCUT2D eigenvalue weighted by Crippen LogP contribution is -2.14. The van der Waals surface area contributed by atoms with E-state index < -0.39 is 10.0 Å². The lowest BCUT2D eigenvalue weighted by atomic mass is 10.0. The van der Waals surface area contributed by atoms with Gasteiger partial charge in [0.15, 0.2) is 0 Å². The Morgan fingerprint density at radius 2 is 1.70 bits per heavy atom. The van der Waals surface area contributed by atoms with Crippen LogP contribution in [-0.2, 0) is 10.0 Å². The Labute approximate surface area is 138 Å². The molecule has 0 aromatic heterocycles. The molecule has 4 nitrogen and oxygen atoms in total. The molecule has 0 spiro atoms. The Morgan fingerprint density at radius 1 is 1.00 bits per heavy atom. The molecule has 0 aliphatic heterocycles. The second kappa shape index (κ2) is 6.62. The van der Waals surface area contributed by atoms with Crippen molar-refractivity contribution in [3.63, 3.8) is 0 Å². The molecule has 2 rings (SSSR count). The molecule has 0 heterocycles. The number of ether oxygens (including phenoxy) is 1. The highest BCUT2D eigenvalue weighted by molar-refractivity contribution is 7.92. The van der Waals surface area contributed by atoms with Crippen molar-refractivity contribution in [3.05, 3.63) is 53.1 Å². The Kier molecular flexibility index (Phi) is 5.00. The molecular weight excluding hydrogens is 310 g/mol. The van der Waals surface area contributed by atoms with Gasteiger partial charge in [-0.2, -0.15) is 0 Å². The predicted molar refractivity (Wildman–Crippen MR) is 93.8 cm³/mol. The van der Waals surface area contributed by atoms with E-state index in [0.717, 1.165) is 16.7 Å². The van der Waals surface area contributed by atoms with Crippen LogP contribution in [0.2, 0.25) is 0 Å². The van der Waals surface area contributed by atoms with Crippen LogP contribution < -0.4 is 9.46 Å². The van der Waals surface area contributed by atoms with E-state index in [1.807, 2.05) is 45.9 Å². The summed E-state index contributed by atoms with van der Waals surface area (Å²) in [5.74, 6) is 0.571. The maximum absolute atomic E-state index is 12.8. The highest BCUT2D eigenvalue weighted by Crippen LogP contribution is 2.29. The third kappa shape index (κ3) is 3.85. The van der Waals surface area contributed by atoms with Gasteiger partial charge >= 0.3 is 0 Å². The van der Waals surface area contributed by atoms with Gasteiger partial charge in [0.25, 0.3) is 10.0 Å². The molecule has 124 valence electrons. The van der Waals surface area contributed by atoms with Crippen LogP contribution in [0.25, 0.3) is 0 Å². The molecule has 0 aliphatic carbocycles. The van der Waals surface area contributed by atoms with Crippen molar-refractivity contribution in [1.82, 2.24) is 0 Å². The summed E-state index contributed by atoms with van der Waals surface area (Å²) in [4.78, 5) is 0.157. The summed E-state index contributed by atoms with van der Waals surface area (Å²) in [6, 6.07) is 10.7. The maximum atomic E-state index is 12.8. The topological polar surface area (TPSA) is 55.4 Å². The summed E-state index contributed by atoms with van der Waals surface area (Å²) in [5, 5.41) is 0. The Balaban J connectivity index is 2.45. The first-order valence-corrected chi connectivity index (χ1v) is 9.01. The van der Waals surface area contributed by atoms with E-state index in [9.17, 15) is 8.42 Å². The first kappa shape index (κ1) is 17.3. The lowest BCUT2D eigenvalue weighted by molar-refractivity contribution is 0.402. The van der Waals surface area contributed by atoms with Crippen molar-refractivity contribution in [2.24, 2.45) is 0 Å². The van der Waals surface area contributed by atoms with E-state index in [-0.39, 0.29) is 10.8 Å². The van der Waals surface area contributed by atoms with E-state index in [0.29, 0.717) is 11.4 Å². The number of hydrogen-bond donors (Lipinski definition) is 1. The van der Waals surface area contributed by atoms with Crippen LogP contribution in [0.4, 0.5) is 5.69 Å².